The number of hydrogen-bond acceptors (Lipinski definition) is 3. The summed E-state index contributed by atoms with van der Waals surface area (Å²) in [6.07, 6.45) is 0.756. The summed E-state index contributed by atoms with van der Waals surface area (Å²) in [5.41, 5.74) is 0.261. The second kappa shape index (κ2) is 8.78. The molecule has 0 aliphatic carbocycles. The molecule has 1 unspecified atom stereocenters. The van der Waals surface area contributed by atoms with Crippen molar-refractivity contribution in [1.29, 1.82) is 5.26 Å². The van der Waals surface area contributed by atoms with Crippen molar-refractivity contribution in [2.45, 2.75) is 18.9 Å². The molecule has 1 aliphatic rings. The third-order valence-electron chi connectivity index (χ3n) is 4.93. The molecule has 2 amide bonds. The minimum atomic E-state index is -1.23. The normalized spacial score (nSPS) is 15.4. The van der Waals surface area contributed by atoms with Crippen molar-refractivity contribution in [3.8, 4) is 6.07 Å². The lowest BCUT2D eigenvalue weighted by atomic mass is 9.94. The molecule has 0 aromatic heterocycles. The van der Waals surface area contributed by atoms with E-state index < -0.39 is 35.3 Å². The van der Waals surface area contributed by atoms with Gasteiger partial charge in [0.2, 0.25) is 5.91 Å². The first-order valence-corrected chi connectivity index (χ1v) is 9.09. The Morgan fingerprint density at radius 3 is 2.24 bits per heavy atom. The summed E-state index contributed by atoms with van der Waals surface area (Å²) in [6.45, 7) is 0.660. The van der Waals surface area contributed by atoms with Gasteiger partial charge in [0.25, 0.3) is 5.91 Å². The SMILES string of the molecule is N#CC(NC(=O)C1CCN(C(=O)c2ccc(F)cc2)CC1)c1ccc(F)cc1F. The van der Waals surface area contributed by atoms with Crippen LogP contribution in [0.1, 0.15) is 34.8 Å². The van der Waals surface area contributed by atoms with E-state index in [1.807, 2.05) is 6.07 Å². The molecular weight excluding hydrogens is 383 g/mol. The van der Waals surface area contributed by atoms with E-state index in [-0.39, 0.29) is 11.5 Å². The second-order valence-electron chi connectivity index (χ2n) is 6.81. The molecular formula is C21H18F3N3O2. The number of carbonyl (C=O) groups is 2. The number of nitriles is 1. The largest absolute Gasteiger partial charge is 0.339 e. The highest BCUT2D eigenvalue weighted by Crippen LogP contribution is 2.22. The summed E-state index contributed by atoms with van der Waals surface area (Å²) in [4.78, 5) is 26.5. The fourth-order valence-electron chi connectivity index (χ4n) is 3.30. The van der Waals surface area contributed by atoms with Crippen LogP contribution < -0.4 is 5.32 Å². The smallest absolute Gasteiger partial charge is 0.253 e. The van der Waals surface area contributed by atoms with Gasteiger partial charge in [-0.3, -0.25) is 9.59 Å². The molecule has 0 radical (unpaired) electrons. The van der Waals surface area contributed by atoms with Crippen LogP contribution in [0, 0.1) is 34.7 Å². The molecule has 0 spiro atoms. The lowest BCUT2D eigenvalue weighted by Gasteiger charge is -2.31. The van der Waals surface area contributed by atoms with Gasteiger partial charge >= 0.3 is 0 Å². The van der Waals surface area contributed by atoms with Crippen LogP contribution in [-0.2, 0) is 4.79 Å². The standard InChI is InChI=1S/C21H18F3N3O2/c22-15-3-1-14(2-4-15)21(29)27-9-7-13(8-10-27)20(28)26-19(12-25)17-6-5-16(23)11-18(17)24/h1-6,11,13,19H,7-10H2,(H,26,28). The van der Waals surface area contributed by atoms with E-state index in [9.17, 15) is 28.0 Å². The summed E-state index contributed by atoms with van der Waals surface area (Å²) in [5, 5.41) is 11.8. The van der Waals surface area contributed by atoms with Crippen molar-refractivity contribution >= 4 is 11.8 Å². The Morgan fingerprint density at radius 2 is 1.66 bits per heavy atom. The number of nitrogens with zero attached hydrogens (tertiary/aromatic N) is 2. The van der Waals surface area contributed by atoms with Crippen molar-refractivity contribution in [2.24, 2.45) is 5.92 Å². The van der Waals surface area contributed by atoms with Crippen LogP contribution in [0.25, 0.3) is 0 Å². The van der Waals surface area contributed by atoms with E-state index in [2.05, 4.69) is 5.32 Å². The monoisotopic (exact) mass is 401 g/mol. The van der Waals surface area contributed by atoms with E-state index in [4.69, 9.17) is 0 Å². The first-order chi connectivity index (χ1) is 13.9. The summed E-state index contributed by atoms with van der Waals surface area (Å²) in [5.74, 6) is -3.21. The third kappa shape index (κ3) is 4.74. The highest BCUT2D eigenvalue weighted by molar-refractivity contribution is 5.94. The highest BCUT2D eigenvalue weighted by Gasteiger charge is 2.29. The second-order valence-corrected chi connectivity index (χ2v) is 6.81. The number of benzene rings is 2. The molecule has 1 atom stereocenters. The number of piperidine rings is 1. The van der Waals surface area contributed by atoms with Crippen molar-refractivity contribution in [3.63, 3.8) is 0 Å². The molecule has 2 aromatic carbocycles. The van der Waals surface area contributed by atoms with Gasteiger partial charge in [0.15, 0.2) is 0 Å². The predicted molar refractivity (Wildman–Crippen MR) is 97.9 cm³/mol. The zero-order valence-electron chi connectivity index (χ0n) is 15.4. The van der Waals surface area contributed by atoms with E-state index in [1.54, 1.807) is 4.90 Å². The minimum absolute atomic E-state index is 0.105. The Hall–Kier alpha value is -3.34. The van der Waals surface area contributed by atoms with Crippen LogP contribution in [0.4, 0.5) is 13.2 Å². The molecule has 5 nitrogen and oxygen atoms in total. The maximum absolute atomic E-state index is 13.9. The molecule has 3 rings (SSSR count). The van der Waals surface area contributed by atoms with Gasteiger partial charge in [0.1, 0.15) is 23.5 Å². The van der Waals surface area contributed by atoms with Crippen molar-refractivity contribution in [3.05, 3.63) is 71.0 Å². The number of likely N-dealkylation sites (tertiary alicyclic amines) is 1. The van der Waals surface area contributed by atoms with Gasteiger partial charge in [-0.25, -0.2) is 13.2 Å². The van der Waals surface area contributed by atoms with Gasteiger partial charge in [-0.15, -0.1) is 0 Å². The average molecular weight is 401 g/mol. The molecule has 2 aromatic rings. The molecule has 1 fully saturated rings. The zero-order chi connectivity index (χ0) is 21.0. The first kappa shape index (κ1) is 20.4. The van der Waals surface area contributed by atoms with Crippen molar-refractivity contribution in [1.82, 2.24) is 10.2 Å². The summed E-state index contributed by atoms with van der Waals surface area (Å²) < 4.78 is 39.9. The lowest BCUT2D eigenvalue weighted by molar-refractivity contribution is -0.126. The van der Waals surface area contributed by atoms with Gasteiger partial charge in [0, 0.05) is 36.2 Å². The van der Waals surface area contributed by atoms with Crippen molar-refractivity contribution < 1.29 is 22.8 Å². The molecule has 1 heterocycles. The average Bonchev–Trinajstić information content (AvgIpc) is 2.72. The molecule has 1 aliphatic heterocycles. The summed E-state index contributed by atoms with van der Waals surface area (Å²) >= 11 is 0. The predicted octanol–water partition coefficient (Wildman–Crippen LogP) is 3.34. The van der Waals surface area contributed by atoms with E-state index in [0.29, 0.717) is 37.6 Å². The van der Waals surface area contributed by atoms with Crippen LogP contribution in [0.15, 0.2) is 42.5 Å². The molecule has 29 heavy (non-hydrogen) atoms. The van der Waals surface area contributed by atoms with Crippen molar-refractivity contribution in [2.75, 3.05) is 13.1 Å². The third-order valence-corrected chi connectivity index (χ3v) is 4.93. The van der Waals surface area contributed by atoms with Gasteiger partial charge < -0.3 is 10.2 Å². The minimum Gasteiger partial charge on any atom is -0.339 e. The van der Waals surface area contributed by atoms with Crippen LogP contribution in [0.5, 0.6) is 0 Å². The first-order valence-electron chi connectivity index (χ1n) is 9.09. The summed E-state index contributed by atoms with van der Waals surface area (Å²) in [6, 6.07) is 8.63. The Kier molecular flexibility index (Phi) is 6.17. The highest BCUT2D eigenvalue weighted by atomic mass is 19.1. The topological polar surface area (TPSA) is 73.2 Å². The molecule has 1 N–H and O–H groups in total. The number of halogens is 3. The van der Waals surface area contributed by atoms with E-state index >= 15 is 0 Å². The number of rotatable bonds is 4. The Balaban J connectivity index is 1.58. The Morgan fingerprint density at radius 1 is 1.03 bits per heavy atom. The summed E-state index contributed by atoms with van der Waals surface area (Å²) in [7, 11) is 0. The number of carbonyl (C=O) groups excluding carboxylic acids is 2. The molecule has 8 heteroatoms. The van der Waals surface area contributed by atoms with E-state index in [1.165, 1.54) is 24.3 Å². The number of amides is 2. The van der Waals surface area contributed by atoms with Crippen LogP contribution in [0.2, 0.25) is 0 Å². The maximum Gasteiger partial charge on any atom is 0.253 e. The van der Waals surface area contributed by atoms with Gasteiger partial charge in [0.05, 0.1) is 6.07 Å². The van der Waals surface area contributed by atoms with Crippen LogP contribution in [-0.4, -0.2) is 29.8 Å². The molecule has 0 saturated carbocycles. The van der Waals surface area contributed by atoms with Gasteiger partial charge in [-0.2, -0.15) is 5.26 Å². The fourth-order valence-corrected chi connectivity index (χ4v) is 3.30. The van der Waals surface area contributed by atoms with Crippen LogP contribution >= 0.6 is 0 Å². The van der Waals surface area contributed by atoms with Gasteiger partial charge in [-0.05, 0) is 43.2 Å². The lowest BCUT2D eigenvalue weighted by Crippen LogP contribution is -2.43. The Labute approximate surface area is 165 Å². The fraction of sp³-hybridized carbons (Fsp3) is 0.286. The number of hydrogen-bond donors (Lipinski definition) is 1. The maximum atomic E-state index is 13.9. The quantitative estimate of drug-likeness (QED) is 0.854. The Bertz CT molecular complexity index is 949. The van der Waals surface area contributed by atoms with Gasteiger partial charge in [-0.1, -0.05) is 6.07 Å². The molecule has 0 bridgehead atoms. The zero-order valence-corrected chi connectivity index (χ0v) is 15.4. The van der Waals surface area contributed by atoms with E-state index in [0.717, 1.165) is 12.1 Å². The molecule has 1 saturated heterocycles. The number of nitrogens with one attached hydrogen (secondary N) is 1. The van der Waals surface area contributed by atoms with Crippen LogP contribution in [0.3, 0.4) is 0 Å². The molecule has 150 valence electrons.